The molecule has 1 aromatic carbocycles. The Labute approximate surface area is 178 Å². The third-order valence-electron chi connectivity index (χ3n) is 4.74. The van der Waals surface area contributed by atoms with Crippen LogP contribution in [0.15, 0.2) is 53.6 Å². The van der Waals surface area contributed by atoms with Gasteiger partial charge in [0, 0.05) is 35.7 Å². The standard InChI is InChI=1S/C19H18N6O2.C3H5F/c1-3-20-14-6-7-25-16(10-21-17(25)9-14)19(26)23-15-8-13(5-4-12(15)2)18-22-11-27-24-18;4-3-1-2-3/h4-11,20H,3H2,1-2H3,(H,23,26);3H,1-2H2. The van der Waals surface area contributed by atoms with Gasteiger partial charge >= 0.3 is 0 Å². The molecule has 0 saturated heterocycles. The molecule has 0 radical (unpaired) electrons. The van der Waals surface area contributed by atoms with E-state index in [-0.39, 0.29) is 5.91 Å². The monoisotopic (exact) mass is 422 g/mol. The Kier molecular flexibility index (Phi) is 5.92. The molecule has 1 amide bonds. The molecule has 5 rings (SSSR count). The minimum Gasteiger partial charge on any atom is -0.385 e. The van der Waals surface area contributed by atoms with E-state index in [2.05, 4.69) is 25.8 Å². The van der Waals surface area contributed by atoms with Crippen LogP contribution >= 0.6 is 0 Å². The van der Waals surface area contributed by atoms with Crippen LogP contribution < -0.4 is 10.6 Å². The van der Waals surface area contributed by atoms with Gasteiger partial charge in [-0.1, -0.05) is 17.3 Å². The maximum Gasteiger partial charge on any atom is 0.274 e. The molecule has 0 unspecified atom stereocenters. The molecule has 0 aliphatic heterocycles. The normalized spacial score (nSPS) is 12.9. The molecular weight excluding hydrogens is 399 g/mol. The van der Waals surface area contributed by atoms with Gasteiger partial charge in [0.05, 0.1) is 6.20 Å². The Hall–Kier alpha value is -3.75. The van der Waals surface area contributed by atoms with Gasteiger partial charge in [0.1, 0.15) is 17.5 Å². The number of nitrogens with zero attached hydrogens (tertiary/aromatic N) is 4. The average molecular weight is 422 g/mol. The van der Waals surface area contributed by atoms with Crippen molar-refractivity contribution in [2.24, 2.45) is 0 Å². The number of aromatic nitrogens is 4. The number of carbonyl (C=O) groups is 1. The van der Waals surface area contributed by atoms with Crippen LogP contribution in [0.1, 0.15) is 35.8 Å². The Balaban J connectivity index is 0.000000520. The average Bonchev–Trinajstić information content (AvgIpc) is 3.22. The first-order chi connectivity index (χ1) is 15.0. The van der Waals surface area contributed by atoms with E-state index in [1.54, 1.807) is 10.6 Å². The van der Waals surface area contributed by atoms with Crippen LogP contribution in [-0.4, -0.2) is 38.1 Å². The van der Waals surface area contributed by atoms with Crippen LogP contribution in [0.4, 0.5) is 15.8 Å². The van der Waals surface area contributed by atoms with Gasteiger partial charge in [-0.2, -0.15) is 4.98 Å². The summed E-state index contributed by atoms with van der Waals surface area (Å²) in [5.74, 6) is 0.225. The molecule has 4 aromatic rings. The van der Waals surface area contributed by atoms with Crippen LogP contribution in [0.3, 0.4) is 0 Å². The third kappa shape index (κ3) is 4.88. The lowest BCUT2D eigenvalue weighted by molar-refractivity contribution is 0.102. The SMILES string of the molecule is CCNc1ccn2c(C(=O)Nc3cc(-c4ncon4)ccc3C)cnc2c1.FC1CC1. The molecule has 0 spiro atoms. The van der Waals surface area contributed by atoms with Crippen molar-refractivity contribution < 1.29 is 13.7 Å². The third-order valence-corrected chi connectivity index (χ3v) is 4.74. The van der Waals surface area contributed by atoms with Crippen LogP contribution in [0, 0.1) is 6.92 Å². The van der Waals surface area contributed by atoms with E-state index >= 15 is 0 Å². The second kappa shape index (κ2) is 8.95. The highest BCUT2D eigenvalue weighted by molar-refractivity contribution is 6.04. The molecule has 1 aliphatic rings. The molecule has 31 heavy (non-hydrogen) atoms. The molecule has 1 aliphatic carbocycles. The zero-order valence-electron chi connectivity index (χ0n) is 17.3. The highest BCUT2D eigenvalue weighted by atomic mass is 19.1. The van der Waals surface area contributed by atoms with Crippen molar-refractivity contribution >= 4 is 22.9 Å². The summed E-state index contributed by atoms with van der Waals surface area (Å²) in [6.07, 6.45) is 5.89. The number of benzene rings is 1. The maximum atomic E-state index is 12.8. The van der Waals surface area contributed by atoms with E-state index in [1.165, 1.54) is 6.39 Å². The first-order valence-corrected chi connectivity index (χ1v) is 10.1. The lowest BCUT2D eigenvalue weighted by atomic mass is 10.1. The zero-order valence-corrected chi connectivity index (χ0v) is 17.3. The van der Waals surface area contributed by atoms with Gasteiger partial charge < -0.3 is 15.2 Å². The van der Waals surface area contributed by atoms with Crippen molar-refractivity contribution in [2.45, 2.75) is 32.9 Å². The fraction of sp³-hybridized carbons (Fsp3) is 0.273. The van der Waals surface area contributed by atoms with Gasteiger partial charge in [0.2, 0.25) is 12.2 Å². The highest BCUT2D eigenvalue weighted by Crippen LogP contribution is 2.24. The minimum absolute atomic E-state index is 0.243. The predicted octanol–water partition coefficient (Wildman–Crippen LogP) is 4.50. The summed E-state index contributed by atoms with van der Waals surface area (Å²) in [6, 6.07) is 9.43. The Morgan fingerprint density at radius 1 is 1.26 bits per heavy atom. The molecule has 160 valence electrons. The Morgan fingerprint density at radius 3 is 2.74 bits per heavy atom. The molecule has 0 atom stereocenters. The van der Waals surface area contributed by atoms with E-state index in [0.717, 1.165) is 36.2 Å². The predicted molar refractivity (Wildman–Crippen MR) is 116 cm³/mol. The fourth-order valence-electron chi connectivity index (χ4n) is 2.91. The summed E-state index contributed by atoms with van der Waals surface area (Å²) in [7, 11) is 0. The lowest BCUT2D eigenvalue weighted by Gasteiger charge is -2.10. The lowest BCUT2D eigenvalue weighted by Crippen LogP contribution is -2.15. The minimum atomic E-state index is -0.417. The van der Waals surface area contributed by atoms with Gasteiger partial charge in [-0.15, -0.1) is 0 Å². The number of imidazole rings is 1. The van der Waals surface area contributed by atoms with Crippen LogP contribution in [-0.2, 0) is 0 Å². The van der Waals surface area contributed by atoms with E-state index in [0.29, 0.717) is 22.9 Å². The van der Waals surface area contributed by atoms with Crippen molar-refractivity contribution in [3.8, 4) is 11.4 Å². The van der Waals surface area contributed by atoms with Crippen LogP contribution in [0.2, 0.25) is 0 Å². The number of amides is 1. The second-order valence-electron chi connectivity index (χ2n) is 7.23. The Morgan fingerprint density at radius 2 is 2.06 bits per heavy atom. The van der Waals surface area contributed by atoms with Gasteiger partial charge in [0.25, 0.3) is 5.91 Å². The highest BCUT2D eigenvalue weighted by Gasteiger charge is 2.18. The number of hydrogen-bond acceptors (Lipinski definition) is 6. The summed E-state index contributed by atoms with van der Waals surface area (Å²) in [6.45, 7) is 4.77. The number of alkyl halides is 1. The zero-order chi connectivity index (χ0) is 21.8. The molecular formula is C22H23FN6O2. The number of pyridine rings is 1. The summed E-state index contributed by atoms with van der Waals surface area (Å²) in [5, 5.41) is 10.0. The van der Waals surface area contributed by atoms with Crippen LogP contribution in [0.25, 0.3) is 17.0 Å². The summed E-state index contributed by atoms with van der Waals surface area (Å²) in [5.41, 5.74) is 4.50. The Bertz CT molecular complexity index is 1180. The van der Waals surface area contributed by atoms with Crippen molar-refractivity contribution in [3.05, 3.63) is 60.4 Å². The van der Waals surface area contributed by atoms with Crippen molar-refractivity contribution in [1.82, 2.24) is 19.5 Å². The molecule has 2 N–H and O–H groups in total. The van der Waals surface area contributed by atoms with Crippen LogP contribution in [0.5, 0.6) is 0 Å². The number of halogens is 1. The second-order valence-corrected chi connectivity index (χ2v) is 7.23. The maximum absolute atomic E-state index is 12.8. The van der Waals surface area contributed by atoms with E-state index in [1.807, 2.05) is 50.4 Å². The van der Waals surface area contributed by atoms with E-state index in [9.17, 15) is 9.18 Å². The quantitative estimate of drug-likeness (QED) is 0.492. The molecule has 3 heterocycles. The fourth-order valence-corrected chi connectivity index (χ4v) is 2.91. The summed E-state index contributed by atoms with van der Waals surface area (Å²) < 4.78 is 17.7. The molecule has 1 saturated carbocycles. The number of rotatable bonds is 5. The molecule has 9 heteroatoms. The molecule has 1 fully saturated rings. The van der Waals surface area contributed by atoms with Crippen molar-refractivity contribution in [2.75, 3.05) is 17.2 Å². The van der Waals surface area contributed by atoms with Gasteiger partial charge in [-0.05, 0) is 44.4 Å². The first kappa shape index (κ1) is 20.5. The number of nitrogens with one attached hydrogen (secondary N) is 2. The topological polar surface area (TPSA) is 97.3 Å². The van der Waals surface area contributed by atoms with Gasteiger partial charge in [-0.3, -0.25) is 9.20 Å². The first-order valence-electron chi connectivity index (χ1n) is 10.1. The largest absolute Gasteiger partial charge is 0.385 e. The molecule has 8 nitrogen and oxygen atoms in total. The van der Waals surface area contributed by atoms with Gasteiger partial charge in [-0.25, -0.2) is 9.37 Å². The summed E-state index contributed by atoms with van der Waals surface area (Å²) in [4.78, 5) is 21.2. The number of fused-ring (bicyclic) bond motifs is 1. The molecule has 3 aromatic heterocycles. The van der Waals surface area contributed by atoms with Gasteiger partial charge in [0.15, 0.2) is 0 Å². The van der Waals surface area contributed by atoms with Crippen molar-refractivity contribution in [3.63, 3.8) is 0 Å². The number of anilines is 2. The number of hydrogen-bond donors (Lipinski definition) is 2. The number of aryl methyl sites for hydroxylation is 1. The molecule has 0 bridgehead atoms. The van der Waals surface area contributed by atoms with E-state index < -0.39 is 6.17 Å². The smallest absolute Gasteiger partial charge is 0.274 e. The number of carbonyl (C=O) groups excluding carboxylic acids is 1. The van der Waals surface area contributed by atoms with Crippen molar-refractivity contribution in [1.29, 1.82) is 0 Å². The summed E-state index contributed by atoms with van der Waals surface area (Å²) >= 11 is 0. The van der Waals surface area contributed by atoms with E-state index in [4.69, 9.17) is 4.52 Å².